The van der Waals surface area contributed by atoms with Gasteiger partial charge in [-0.25, -0.2) is 4.39 Å². The molecule has 0 bridgehead atoms. The predicted molar refractivity (Wildman–Crippen MR) is 67.6 cm³/mol. The summed E-state index contributed by atoms with van der Waals surface area (Å²) in [5, 5.41) is 0. The van der Waals surface area contributed by atoms with Crippen molar-refractivity contribution in [2.24, 2.45) is 0 Å². The van der Waals surface area contributed by atoms with Gasteiger partial charge in [0.05, 0.1) is 13.4 Å². The van der Waals surface area contributed by atoms with Gasteiger partial charge >= 0.3 is 0 Å². The zero-order valence-electron chi connectivity index (χ0n) is 9.56. The number of ether oxygens (including phenoxy) is 1. The molecule has 0 spiro atoms. The fourth-order valence-corrected chi connectivity index (χ4v) is 1.68. The van der Waals surface area contributed by atoms with Crippen molar-refractivity contribution in [3.63, 3.8) is 0 Å². The van der Waals surface area contributed by atoms with Crippen molar-refractivity contribution >= 4 is 5.57 Å². The highest BCUT2D eigenvalue weighted by atomic mass is 19.1. The van der Waals surface area contributed by atoms with Crippen LogP contribution in [-0.4, -0.2) is 7.11 Å². The third kappa shape index (κ3) is 2.53. The lowest BCUT2D eigenvalue weighted by Crippen LogP contribution is -1.88. The highest BCUT2D eigenvalue weighted by Crippen LogP contribution is 2.25. The Morgan fingerprint density at radius 2 is 1.53 bits per heavy atom. The molecular formula is C15H13FO. The average molecular weight is 228 g/mol. The second-order valence-electron chi connectivity index (χ2n) is 3.62. The maximum atomic E-state index is 13.0. The maximum absolute atomic E-state index is 13.0. The summed E-state index contributed by atoms with van der Waals surface area (Å²) in [7, 11) is 1.61. The van der Waals surface area contributed by atoms with E-state index in [4.69, 9.17) is 4.74 Å². The SMILES string of the molecule is COc1ccc(/C(=C/F)c2ccccc2)cc1. The van der Waals surface area contributed by atoms with Gasteiger partial charge in [0, 0.05) is 5.57 Å². The van der Waals surface area contributed by atoms with E-state index < -0.39 is 0 Å². The molecule has 0 fully saturated rings. The molecule has 0 aromatic heterocycles. The molecule has 0 saturated carbocycles. The summed E-state index contributed by atoms with van der Waals surface area (Å²) in [6, 6.07) is 16.8. The summed E-state index contributed by atoms with van der Waals surface area (Å²) >= 11 is 0. The Labute approximate surface area is 100 Å². The van der Waals surface area contributed by atoms with Gasteiger partial charge in [0.15, 0.2) is 0 Å². The third-order valence-corrected chi connectivity index (χ3v) is 2.59. The lowest BCUT2D eigenvalue weighted by molar-refractivity contribution is 0.415. The van der Waals surface area contributed by atoms with E-state index in [-0.39, 0.29) is 0 Å². The largest absolute Gasteiger partial charge is 0.497 e. The Hall–Kier alpha value is -2.09. The second-order valence-corrected chi connectivity index (χ2v) is 3.62. The molecule has 2 aromatic rings. The molecule has 0 amide bonds. The monoisotopic (exact) mass is 228 g/mol. The van der Waals surface area contributed by atoms with Crippen LogP contribution in [0.4, 0.5) is 4.39 Å². The lowest BCUT2D eigenvalue weighted by Gasteiger charge is -2.07. The first kappa shape index (κ1) is 11.4. The van der Waals surface area contributed by atoms with Crippen molar-refractivity contribution in [3.8, 4) is 5.75 Å². The van der Waals surface area contributed by atoms with Crippen LogP contribution >= 0.6 is 0 Å². The van der Waals surface area contributed by atoms with Crippen LogP contribution in [0.25, 0.3) is 5.57 Å². The molecule has 86 valence electrons. The van der Waals surface area contributed by atoms with E-state index in [0.717, 1.165) is 16.9 Å². The zero-order valence-corrected chi connectivity index (χ0v) is 9.56. The standard InChI is InChI=1S/C15H13FO/c1-17-14-9-7-13(8-10-14)15(11-16)12-5-3-2-4-6-12/h2-11H,1H3/b15-11+. The van der Waals surface area contributed by atoms with Crippen molar-refractivity contribution < 1.29 is 9.13 Å². The van der Waals surface area contributed by atoms with Gasteiger partial charge in [-0.15, -0.1) is 0 Å². The van der Waals surface area contributed by atoms with E-state index in [0.29, 0.717) is 11.9 Å². The first-order valence-electron chi connectivity index (χ1n) is 5.35. The molecule has 0 aliphatic rings. The third-order valence-electron chi connectivity index (χ3n) is 2.59. The van der Waals surface area contributed by atoms with Gasteiger partial charge in [0.2, 0.25) is 0 Å². The summed E-state index contributed by atoms with van der Waals surface area (Å²) < 4.78 is 18.1. The number of halogens is 1. The highest BCUT2D eigenvalue weighted by Gasteiger charge is 2.04. The number of rotatable bonds is 3. The van der Waals surface area contributed by atoms with Crippen LogP contribution in [-0.2, 0) is 0 Å². The van der Waals surface area contributed by atoms with Gasteiger partial charge in [-0.05, 0) is 23.3 Å². The van der Waals surface area contributed by atoms with Gasteiger partial charge < -0.3 is 4.74 Å². The minimum Gasteiger partial charge on any atom is -0.497 e. The smallest absolute Gasteiger partial charge is 0.118 e. The molecule has 0 atom stereocenters. The van der Waals surface area contributed by atoms with E-state index in [9.17, 15) is 4.39 Å². The summed E-state index contributed by atoms with van der Waals surface area (Å²) in [4.78, 5) is 0. The van der Waals surface area contributed by atoms with Gasteiger partial charge in [0.1, 0.15) is 5.75 Å². The topological polar surface area (TPSA) is 9.23 Å². The van der Waals surface area contributed by atoms with Gasteiger partial charge in [-0.1, -0.05) is 42.5 Å². The molecule has 2 aromatic carbocycles. The number of benzene rings is 2. The fourth-order valence-electron chi connectivity index (χ4n) is 1.68. The van der Waals surface area contributed by atoms with Crippen LogP contribution in [0.3, 0.4) is 0 Å². The first-order valence-corrected chi connectivity index (χ1v) is 5.35. The van der Waals surface area contributed by atoms with Crippen LogP contribution in [0, 0.1) is 0 Å². The van der Waals surface area contributed by atoms with Crippen molar-refractivity contribution in [1.82, 2.24) is 0 Å². The quantitative estimate of drug-likeness (QED) is 0.770. The first-order chi connectivity index (χ1) is 8.35. The van der Waals surface area contributed by atoms with Crippen LogP contribution in [0.5, 0.6) is 5.75 Å². The Morgan fingerprint density at radius 3 is 2.06 bits per heavy atom. The van der Waals surface area contributed by atoms with E-state index in [2.05, 4.69) is 0 Å². The van der Waals surface area contributed by atoms with Crippen molar-refractivity contribution in [1.29, 1.82) is 0 Å². The normalized spacial score (nSPS) is 11.3. The van der Waals surface area contributed by atoms with Crippen LogP contribution in [0.1, 0.15) is 11.1 Å². The molecule has 0 saturated heterocycles. The molecule has 0 unspecified atom stereocenters. The summed E-state index contributed by atoms with van der Waals surface area (Å²) in [5.41, 5.74) is 2.27. The van der Waals surface area contributed by atoms with E-state index in [1.165, 1.54) is 0 Å². The number of hydrogen-bond donors (Lipinski definition) is 0. The molecule has 0 heterocycles. The molecule has 0 radical (unpaired) electrons. The fraction of sp³-hybridized carbons (Fsp3) is 0.0667. The summed E-state index contributed by atoms with van der Waals surface area (Å²) in [6.07, 6.45) is 0.636. The van der Waals surface area contributed by atoms with Gasteiger partial charge in [-0.3, -0.25) is 0 Å². The van der Waals surface area contributed by atoms with E-state index in [1.807, 2.05) is 54.6 Å². The molecule has 0 aliphatic carbocycles. The predicted octanol–water partition coefficient (Wildman–Crippen LogP) is 4.05. The molecule has 2 heteroatoms. The Morgan fingerprint density at radius 1 is 0.941 bits per heavy atom. The van der Waals surface area contributed by atoms with Crippen molar-refractivity contribution in [2.75, 3.05) is 7.11 Å². The number of hydrogen-bond acceptors (Lipinski definition) is 1. The van der Waals surface area contributed by atoms with E-state index in [1.54, 1.807) is 7.11 Å². The Balaban J connectivity index is 2.37. The maximum Gasteiger partial charge on any atom is 0.118 e. The van der Waals surface area contributed by atoms with Crippen LogP contribution < -0.4 is 4.74 Å². The van der Waals surface area contributed by atoms with Crippen molar-refractivity contribution in [2.45, 2.75) is 0 Å². The summed E-state index contributed by atoms with van der Waals surface area (Å²) in [5.74, 6) is 0.764. The number of methoxy groups -OCH3 is 1. The van der Waals surface area contributed by atoms with E-state index >= 15 is 0 Å². The second kappa shape index (κ2) is 5.30. The molecule has 1 nitrogen and oxygen atoms in total. The summed E-state index contributed by atoms with van der Waals surface area (Å²) in [6.45, 7) is 0. The average Bonchev–Trinajstić information content (AvgIpc) is 2.42. The zero-order chi connectivity index (χ0) is 12.1. The lowest BCUT2D eigenvalue weighted by atomic mass is 9.99. The molecular weight excluding hydrogens is 215 g/mol. The highest BCUT2D eigenvalue weighted by molar-refractivity contribution is 5.79. The molecule has 0 N–H and O–H groups in total. The molecule has 2 rings (SSSR count). The van der Waals surface area contributed by atoms with Crippen LogP contribution in [0.2, 0.25) is 0 Å². The Kier molecular flexibility index (Phi) is 3.55. The van der Waals surface area contributed by atoms with Crippen LogP contribution in [0.15, 0.2) is 60.9 Å². The Bertz CT molecular complexity index is 500. The van der Waals surface area contributed by atoms with Gasteiger partial charge in [0.25, 0.3) is 0 Å². The van der Waals surface area contributed by atoms with Crippen molar-refractivity contribution in [3.05, 3.63) is 72.1 Å². The minimum absolute atomic E-state index is 0.577. The minimum atomic E-state index is 0.577. The molecule has 17 heavy (non-hydrogen) atoms. The molecule has 0 aliphatic heterocycles. The van der Waals surface area contributed by atoms with Gasteiger partial charge in [-0.2, -0.15) is 0 Å².